The van der Waals surface area contributed by atoms with Crippen LogP contribution in [0.2, 0.25) is 0 Å². The molecule has 2 atom stereocenters. The molecule has 0 bridgehead atoms. The van der Waals surface area contributed by atoms with Crippen LogP contribution in [-0.2, 0) is 21.2 Å². The zero-order valence-electron chi connectivity index (χ0n) is 20.8. The Morgan fingerprint density at radius 2 is 1.67 bits per heavy atom. The van der Waals surface area contributed by atoms with Gasteiger partial charge in [0.05, 0.1) is 17.0 Å². The lowest BCUT2D eigenvalue weighted by molar-refractivity contribution is -0.137. The van der Waals surface area contributed by atoms with Gasteiger partial charge in [-0.05, 0) is 67.0 Å². The van der Waals surface area contributed by atoms with Crippen LogP contribution in [-0.4, -0.2) is 67.2 Å². The van der Waals surface area contributed by atoms with Gasteiger partial charge < -0.3 is 4.90 Å². The number of thiophene rings is 1. The predicted octanol–water partition coefficient (Wildman–Crippen LogP) is 4.32. The lowest BCUT2D eigenvalue weighted by Gasteiger charge is -2.41. The number of amides is 1. The molecule has 6 nitrogen and oxygen atoms in total. The van der Waals surface area contributed by atoms with Crippen LogP contribution in [0, 0.1) is 6.92 Å². The molecule has 2 aliphatic heterocycles. The van der Waals surface area contributed by atoms with E-state index < -0.39 is 10.0 Å². The smallest absolute Gasteiger partial charge is 0.243 e. The average molecular weight is 524 g/mol. The normalized spacial score (nSPS) is 20.5. The molecule has 5 rings (SSSR count). The fourth-order valence-electron chi connectivity index (χ4n) is 5.49. The molecule has 0 spiro atoms. The number of hydrogen-bond donors (Lipinski definition) is 0. The van der Waals surface area contributed by atoms with Crippen molar-refractivity contribution in [3.63, 3.8) is 0 Å². The second-order valence-corrected chi connectivity index (χ2v) is 12.6. The van der Waals surface area contributed by atoms with Crippen molar-refractivity contribution in [1.29, 1.82) is 0 Å². The molecular formula is C28H33N3O3S2. The number of carbonyl (C=O) groups excluding carboxylic acids is 1. The standard InChI is InChI=1S/C28H33N3O3S2/c1-21-9-6-7-12-24(21)27-25-14-20-35-26(25)13-17-31(27)22(2)28(32)29-15-8-16-30(19-18-29)36(33,34)23-10-4-3-5-11-23/h3-7,9-12,14,20,22,27H,8,13,15-19H2,1-2H3/t22-,27-/m1/s1. The first-order valence-corrected chi connectivity index (χ1v) is 14.9. The van der Waals surface area contributed by atoms with Crippen LogP contribution in [0.4, 0.5) is 0 Å². The van der Waals surface area contributed by atoms with E-state index in [2.05, 4.69) is 47.5 Å². The van der Waals surface area contributed by atoms with E-state index in [-0.39, 0.29) is 18.0 Å². The summed E-state index contributed by atoms with van der Waals surface area (Å²) in [6.45, 7) is 6.67. The number of fused-ring (bicyclic) bond motifs is 1. The molecule has 3 aromatic rings. The molecule has 2 aromatic carbocycles. The van der Waals surface area contributed by atoms with Crippen molar-refractivity contribution in [2.24, 2.45) is 0 Å². The van der Waals surface area contributed by atoms with Gasteiger partial charge in [0.2, 0.25) is 15.9 Å². The summed E-state index contributed by atoms with van der Waals surface area (Å²) in [5, 5.41) is 2.16. The number of benzene rings is 2. The number of carbonyl (C=O) groups is 1. The van der Waals surface area contributed by atoms with Crippen molar-refractivity contribution < 1.29 is 13.2 Å². The van der Waals surface area contributed by atoms with Crippen molar-refractivity contribution >= 4 is 27.3 Å². The first kappa shape index (κ1) is 25.1. The Labute approximate surface area is 218 Å². The lowest BCUT2D eigenvalue weighted by atomic mass is 9.89. The first-order chi connectivity index (χ1) is 17.4. The average Bonchev–Trinajstić information content (AvgIpc) is 3.23. The number of nitrogens with zero attached hydrogens (tertiary/aromatic N) is 3. The Balaban J connectivity index is 1.35. The number of aryl methyl sites for hydroxylation is 1. The number of sulfonamides is 1. The molecule has 0 N–H and O–H groups in total. The van der Waals surface area contributed by atoms with Crippen molar-refractivity contribution in [2.45, 2.75) is 43.7 Å². The Morgan fingerprint density at radius 1 is 0.917 bits per heavy atom. The first-order valence-electron chi connectivity index (χ1n) is 12.6. The molecule has 1 amide bonds. The van der Waals surface area contributed by atoms with Gasteiger partial charge in [-0.2, -0.15) is 4.31 Å². The molecule has 36 heavy (non-hydrogen) atoms. The highest BCUT2D eigenvalue weighted by Crippen LogP contribution is 2.40. The molecule has 0 saturated carbocycles. The summed E-state index contributed by atoms with van der Waals surface area (Å²) in [4.78, 5) is 19.7. The van der Waals surface area contributed by atoms with Gasteiger partial charge in [0.15, 0.2) is 0 Å². The third-order valence-corrected chi connectivity index (χ3v) is 10.4. The van der Waals surface area contributed by atoms with E-state index in [0.717, 1.165) is 13.0 Å². The van der Waals surface area contributed by atoms with Crippen molar-refractivity contribution in [3.8, 4) is 0 Å². The van der Waals surface area contributed by atoms with Gasteiger partial charge in [-0.15, -0.1) is 11.3 Å². The highest BCUT2D eigenvalue weighted by Gasteiger charge is 2.38. The molecule has 0 unspecified atom stereocenters. The summed E-state index contributed by atoms with van der Waals surface area (Å²) in [5.41, 5.74) is 3.77. The maximum atomic E-state index is 13.8. The van der Waals surface area contributed by atoms with Crippen molar-refractivity contribution in [2.75, 3.05) is 32.7 Å². The second kappa shape index (κ2) is 10.5. The van der Waals surface area contributed by atoms with E-state index >= 15 is 0 Å². The Bertz CT molecular complexity index is 1320. The summed E-state index contributed by atoms with van der Waals surface area (Å²) >= 11 is 1.80. The highest BCUT2D eigenvalue weighted by molar-refractivity contribution is 7.89. The van der Waals surface area contributed by atoms with E-state index in [1.54, 1.807) is 35.6 Å². The topological polar surface area (TPSA) is 60.9 Å². The van der Waals surface area contributed by atoms with Crippen LogP contribution < -0.4 is 0 Å². The van der Waals surface area contributed by atoms with E-state index in [4.69, 9.17) is 0 Å². The third-order valence-electron chi connectivity index (χ3n) is 7.49. The Hall–Kier alpha value is -2.52. The van der Waals surface area contributed by atoms with Crippen molar-refractivity contribution in [3.05, 3.63) is 87.6 Å². The van der Waals surface area contributed by atoms with E-state index in [1.165, 1.54) is 25.9 Å². The van der Waals surface area contributed by atoms with Gasteiger partial charge in [0, 0.05) is 37.6 Å². The van der Waals surface area contributed by atoms with Crippen LogP contribution in [0.1, 0.15) is 41.0 Å². The molecule has 0 aliphatic carbocycles. The van der Waals surface area contributed by atoms with Gasteiger partial charge in [0.25, 0.3) is 0 Å². The van der Waals surface area contributed by atoms with Crippen molar-refractivity contribution in [1.82, 2.24) is 14.1 Å². The van der Waals surface area contributed by atoms with Gasteiger partial charge in [-0.1, -0.05) is 42.5 Å². The maximum absolute atomic E-state index is 13.8. The minimum absolute atomic E-state index is 0.0436. The quantitative estimate of drug-likeness (QED) is 0.500. The van der Waals surface area contributed by atoms with Gasteiger partial charge in [-0.3, -0.25) is 9.69 Å². The van der Waals surface area contributed by atoms with Gasteiger partial charge in [-0.25, -0.2) is 8.42 Å². The van der Waals surface area contributed by atoms with E-state index in [9.17, 15) is 13.2 Å². The third kappa shape index (κ3) is 4.75. The van der Waals surface area contributed by atoms with Crippen LogP contribution in [0.25, 0.3) is 0 Å². The fraction of sp³-hybridized carbons (Fsp3) is 0.393. The molecule has 1 fully saturated rings. The highest BCUT2D eigenvalue weighted by atomic mass is 32.2. The van der Waals surface area contributed by atoms with E-state index in [0.29, 0.717) is 37.5 Å². The summed E-state index contributed by atoms with van der Waals surface area (Å²) in [6.07, 6.45) is 1.57. The number of rotatable bonds is 5. The molecule has 190 valence electrons. The van der Waals surface area contributed by atoms with Crippen LogP contribution in [0.3, 0.4) is 0 Å². The molecule has 2 aliphatic rings. The summed E-state index contributed by atoms with van der Waals surface area (Å²) in [6, 6.07) is 18.9. The molecule has 1 saturated heterocycles. The summed E-state index contributed by atoms with van der Waals surface area (Å²) in [7, 11) is -3.57. The lowest BCUT2D eigenvalue weighted by Crippen LogP contribution is -2.51. The summed E-state index contributed by atoms with van der Waals surface area (Å²) < 4.78 is 27.8. The van der Waals surface area contributed by atoms with Crippen LogP contribution in [0.5, 0.6) is 0 Å². The maximum Gasteiger partial charge on any atom is 0.243 e. The van der Waals surface area contributed by atoms with Gasteiger partial charge >= 0.3 is 0 Å². The SMILES string of the molecule is Cc1ccccc1[C@@H]1c2ccsc2CCN1[C@H](C)C(=O)N1CCCN(S(=O)(=O)c2ccccc2)CC1. The monoisotopic (exact) mass is 523 g/mol. The Kier molecular flexibility index (Phi) is 7.30. The molecular weight excluding hydrogens is 490 g/mol. The molecule has 0 radical (unpaired) electrons. The molecule has 3 heterocycles. The van der Waals surface area contributed by atoms with Crippen LogP contribution >= 0.6 is 11.3 Å². The van der Waals surface area contributed by atoms with E-state index in [1.807, 2.05) is 17.9 Å². The molecule has 8 heteroatoms. The minimum atomic E-state index is -3.57. The largest absolute Gasteiger partial charge is 0.340 e. The zero-order valence-corrected chi connectivity index (χ0v) is 22.5. The molecule has 1 aromatic heterocycles. The zero-order chi connectivity index (χ0) is 25.3. The fourth-order valence-corrected chi connectivity index (χ4v) is 7.89. The predicted molar refractivity (Wildman–Crippen MR) is 144 cm³/mol. The van der Waals surface area contributed by atoms with Crippen LogP contribution in [0.15, 0.2) is 70.9 Å². The summed E-state index contributed by atoms with van der Waals surface area (Å²) in [5.74, 6) is 0.0752. The second-order valence-electron chi connectivity index (χ2n) is 9.62. The minimum Gasteiger partial charge on any atom is -0.340 e. The number of hydrogen-bond acceptors (Lipinski definition) is 5. The Morgan fingerprint density at radius 3 is 2.44 bits per heavy atom. The van der Waals surface area contributed by atoms with Gasteiger partial charge in [0.1, 0.15) is 0 Å².